The second-order valence-corrected chi connectivity index (χ2v) is 9.08. The highest BCUT2D eigenvalue weighted by molar-refractivity contribution is 9.10. The van der Waals surface area contributed by atoms with E-state index >= 15 is 0 Å². The monoisotopic (exact) mass is 468 g/mol. The van der Waals surface area contributed by atoms with Crippen molar-refractivity contribution in [1.29, 1.82) is 0 Å². The van der Waals surface area contributed by atoms with E-state index in [9.17, 15) is 4.79 Å². The van der Waals surface area contributed by atoms with Gasteiger partial charge in [-0.1, -0.05) is 6.92 Å². The number of nitrogens with one attached hydrogen (secondary N) is 2. The van der Waals surface area contributed by atoms with Crippen LogP contribution in [0.2, 0.25) is 0 Å². The molecule has 2 N–H and O–H groups in total. The summed E-state index contributed by atoms with van der Waals surface area (Å²) in [4.78, 5) is 20.7. The Bertz CT molecular complexity index is 737. The quantitative estimate of drug-likeness (QED) is 0.670. The van der Waals surface area contributed by atoms with Gasteiger partial charge >= 0.3 is 6.09 Å². The zero-order valence-electron chi connectivity index (χ0n) is 18.0. The molecule has 0 saturated heterocycles. The number of carbonyl (C=O) groups excluding carboxylic acids is 1. The molecular formula is C20H33BrN6O2. The number of ether oxygens (including phenoxy) is 1. The molecule has 1 saturated carbocycles. The predicted molar refractivity (Wildman–Crippen MR) is 117 cm³/mol. The Kier molecular flexibility index (Phi) is 8.67. The van der Waals surface area contributed by atoms with Gasteiger partial charge in [0, 0.05) is 31.4 Å². The molecule has 9 heteroatoms. The molecule has 0 aliphatic heterocycles. The first-order valence-corrected chi connectivity index (χ1v) is 11.0. The maximum absolute atomic E-state index is 12.0. The summed E-state index contributed by atoms with van der Waals surface area (Å²) in [6, 6.07) is 0.165. The Morgan fingerprint density at radius 2 is 1.97 bits per heavy atom. The highest BCUT2D eigenvalue weighted by atomic mass is 79.9. The number of hydrogen-bond acceptors (Lipinski definition) is 6. The van der Waals surface area contributed by atoms with Gasteiger partial charge in [0.25, 0.3) is 0 Å². The summed E-state index contributed by atoms with van der Waals surface area (Å²) in [5.74, 6) is 1.02. The summed E-state index contributed by atoms with van der Waals surface area (Å²) < 4.78 is 8.00. The zero-order valence-corrected chi connectivity index (χ0v) is 19.6. The number of amides is 1. The standard InChI is InChI=1S/C20H33BrN6O2/c1-6-15-11-23-18(22-5)24-13-27(26-17(15)21)12-14-7-9-16(10-8-14)25-19(28)29-20(2,3)4/h11,13-14,16H,6-10,12H2,1-5H3,(H,22,23)(H,25,28). The van der Waals surface area contributed by atoms with Crippen molar-refractivity contribution in [2.24, 2.45) is 5.92 Å². The third-order valence-electron chi connectivity index (χ3n) is 4.75. The smallest absolute Gasteiger partial charge is 0.407 e. The molecule has 162 valence electrons. The lowest BCUT2D eigenvalue weighted by Crippen LogP contribution is -2.41. The van der Waals surface area contributed by atoms with E-state index in [-0.39, 0.29) is 12.1 Å². The molecule has 0 spiro atoms. The molecule has 1 heterocycles. The Hall–Kier alpha value is -1.90. The SMILES string of the molecule is CCc1cnc(NC)ncn(CC2CCC(NC(=O)OC(C)(C)C)CC2)nc1Br. The van der Waals surface area contributed by atoms with Gasteiger partial charge in [-0.15, -0.1) is 0 Å². The fourth-order valence-corrected chi connectivity index (χ4v) is 3.82. The number of aryl methyl sites for hydroxylation is 1. The van der Waals surface area contributed by atoms with Crippen LogP contribution in [0, 0.1) is 5.92 Å². The van der Waals surface area contributed by atoms with Crippen LogP contribution in [0.15, 0.2) is 17.1 Å². The normalized spacial score (nSPS) is 19.2. The average molecular weight is 469 g/mol. The summed E-state index contributed by atoms with van der Waals surface area (Å²) >= 11 is 3.57. The summed E-state index contributed by atoms with van der Waals surface area (Å²) in [5, 5.41) is 10.7. The number of halogens is 1. The number of alkyl carbamates (subject to hydrolysis) is 1. The van der Waals surface area contributed by atoms with Crippen LogP contribution in [-0.2, 0) is 17.7 Å². The van der Waals surface area contributed by atoms with Crippen molar-refractivity contribution < 1.29 is 9.53 Å². The van der Waals surface area contributed by atoms with Crippen molar-refractivity contribution in [2.75, 3.05) is 12.4 Å². The van der Waals surface area contributed by atoms with E-state index in [2.05, 4.69) is 48.6 Å². The molecule has 29 heavy (non-hydrogen) atoms. The molecule has 1 aliphatic carbocycles. The number of hydrogen-bond donors (Lipinski definition) is 2. The molecule has 0 aromatic carbocycles. The largest absolute Gasteiger partial charge is 0.444 e. The van der Waals surface area contributed by atoms with Crippen LogP contribution in [0.3, 0.4) is 0 Å². The van der Waals surface area contributed by atoms with E-state index in [1.54, 1.807) is 19.6 Å². The lowest BCUT2D eigenvalue weighted by molar-refractivity contribution is 0.0485. The van der Waals surface area contributed by atoms with Gasteiger partial charge in [-0.25, -0.2) is 14.8 Å². The van der Waals surface area contributed by atoms with Gasteiger partial charge in [-0.3, -0.25) is 4.68 Å². The number of anilines is 1. The summed E-state index contributed by atoms with van der Waals surface area (Å²) in [7, 11) is 1.80. The average Bonchev–Trinajstić information content (AvgIpc) is 2.70. The van der Waals surface area contributed by atoms with Gasteiger partial charge in [0.05, 0.1) is 0 Å². The van der Waals surface area contributed by atoms with Crippen LogP contribution in [-0.4, -0.2) is 44.5 Å². The first-order chi connectivity index (χ1) is 13.7. The Labute approximate surface area is 181 Å². The minimum absolute atomic E-state index is 0.165. The number of nitrogens with zero attached hydrogens (tertiary/aromatic N) is 4. The van der Waals surface area contributed by atoms with E-state index < -0.39 is 5.60 Å². The topological polar surface area (TPSA) is 94.0 Å². The molecule has 1 fully saturated rings. The molecule has 2 rings (SSSR count). The molecule has 1 aromatic rings. The lowest BCUT2D eigenvalue weighted by atomic mass is 9.86. The summed E-state index contributed by atoms with van der Waals surface area (Å²) in [6.45, 7) is 8.46. The second kappa shape index (κ2) is 10.8. The van der Waals surface area contributed by atoms with Gasteiger partial charge < -0.3 is 15.4 Å². The molecule has 0 atom stereocenters. The molecule has 8 nitrogen and oxygen atoms in total. The third kappa shape index (κ3) is 8.16. The van der Waals surface area contributed by atoms with Crippen LogP contribution in [0.4, 0.5) is 10.7 Å². The van der Waals surface area contributed by atoms with Crippen molar-refractivity contribution >= 4 is 28.0 Å². The first kappa shape index (κ1) is 23.4. The molecule has 0 bridgehead atoms. The van der Waals surface area contributed by atoms with Gasteiger partial charge in [0.15, 0.2) is 0 Å². The van der Waals surface area contributed by atoms with Crippen LogP contribution >= 0.6 is 15.9 Å². The van der Waals surface area contributed by atoms with E-state index in [4.69, 9.17) is 4.74 Å². The predicted octanol–water partition coefficient (Wildman–Crippen LogP) is 4.25. The van der Waals surface area contributed by atoms with Crippen molar-refractivity contribution in [2.45, 2.75) is 78.0 Å². The highest BCUT2D eigenvalue weighted by Crippen LogP contribution is 2.26. The fourth-order valence-electron chi connectivity index (χ4n) is 3.23. The Morgan fingerprint density at radius 1 is 1.28 bits per heavy atom. The second-order valence-electron chi connectivity index (χ2n) is 8.33. The van der Waals surface area contributed by atoms with Gasteiger partial charge in [0.1, 0.15) is 16.5 Å². The third-order valence-corrected chi connectivity index (χ3v) is 5.42. The maximum Gasteiger partial charge on any atom is 0.407 e. The van der Waals surface area contributed by atoms with Crippen LogP contribution < -0.4 is 10.6 Å². The summed E-state index contributed by atoms with van der Waals surface area (Å²) in [5.41, 5.74) is 0.538. The highest BCUT2D eigenvalue weighted by Gasteiger charge is 2.25. The van der Waals surface area contributed by atoms with E-state index in [0.29, 0.717) is 11.9 Å². The molecule has 1 aliphatic rings. The van der Waals surface area contributed by atoms with Crippen molar-refractivity contribution in [3.63, 3.8) is 0 Å². The maximum atomic E-state index is 12.0. The van der Waals surface area contributed by atoms with Crippen molar-refractivity contribution in [3.8, 4) is 0 Å². The van der Waals surface area contributed by atoms with E-state index in [1.165, 1.54) is 0 Å². The fraction of sp³-hybridized carbons (Fsp3) is 0.700. The molecule has 0 radical (unpaired) electrons. The van der Waals surface area contributed by atoms with Crippen LogP contribution in [0.1, 0.15) is 58.9 Å². The van der Waals surface area contributed by atoms with Gasteiger partial charge in [0.2, 0.25) is 5.95 Å². The van der Waals surface area contributed by atoms with Crippen LogP contribution in [0.5, 0.6) is 0 Å². The van der Waals surface area contributed by atoms with E-state index in [0.717, 1.165) is 48.8 Å². The molecule has 1 amide bonds. The van der Waals surface area contributed by atoms with Gasteiger partial charge in [-0.05, 0) is 74.7 Å². The minimum atomic E-state index is -0.475. The van der Waals surface area contributed by atoms with E-state index in [1.807, 2.05) is 25.5 Å². The minimum Gasteiger partial charge on any atom is -0.444 e. The van der Waals surface area contributed by atoms with Crippen molar-refractivity contribution in [1.82, 2.24) is 25.1 Å². The molecule has 0 unspecified atom stereocenters. The first-order valence-electron chi connectivity index (χ1n) is 10.2. The van der Waals surface area contributed by atoms with Gasteiger partial charge in [-0.2, -0.15) is 5.10 Å². The van der Waals surface area contributed by atoms with Crippen LogP contribution in [0.25, 0.3) is 0 Å². The summed E-state index contributed by atoms with van der Waals surface area (Å²) in [6.07, 6.45) is 7.89. The Balaban J connectivity index is 2.02. The zero-order chi connectivity index (χ0) is 21.4. The Morgan fingerprint density at radius 3 is 2.55 bits per heavy atom. The molecule has 1 aromatic heterocycles. The number of carbonyl (C=O) groups is 1. The van der Waals surface area contributed by atoms with Crippen molar-refractivity contribution in [3.05, 3.63) is 22.7 Å². The lowest BCUT2D eigenvalue weighted by Gasteiger charge is -2.30. The number of rotatable bonds is 5. The number of aromatic nitrogens is 4. The molecular weight excluding hydrogens is 436 g/mol.